The molecule has 1 aromatic carbocycles. The molecule has 0 fully saturated rings. The normalized spacial score (nSPS) is 19.1. The molecule has 0 radical (unpaired) electrons. The van der Waals surface area contributed by atoms with E-state index >= 15 is 0 Å². The van der Waals surface area contributed by atoms with Crippen LogP contribution in [0.5, 0.6) is 5.75 Å². The molecule has 0 saturated heterocycles. The molecule has 1 aromatic heterocycles. The van der Waals surface area contributed by atoms with E-state index in [-0.39, 0.29) is 5.54 Å². The largest absolute Gasteiger partial charge is 0.493 e. The summed E-state index contributed by atoms with van der Waals surface area (Å²) in [6.45, 7) is 2.75. The minimum Gasteiger partial charge on any atom is -0.493 e. The van der Waals surface area contributed by atoms with E-state index in [1.807, 2.05) is 30.5 Å². The van der Waals surface area contributed by atoms with Gasteiger partial charge in [-0.3, -0.25) is 4.99 Å². The van der Waals surface area contributed by atoms with Gasteiger partial charge in [-0.25, -0.2) is 4.98 Å². The highest BCUT2D eigenvalue weighted by Crippen LogP contribution is 2.43. The van der Waals surface area contributed by atoms with Gasteiger partial charge >= 0.3 is 0 Å². The minimum atomic E-state index is -0.369. The van der Waals surface area contributed by atoms with Crippen LogP contribution in [0.15, 0.2) is 41.5 Å². The van der Waals surface area contributed by atoms with Gasteiger partial charge in [0.05, 0.1) is 17.7 Å². The first-order valence-electron chi connectivity index (χ1n) is 8.47. The van der Waals surface area contributed by atoms with Gasteiger partial charge in [-0.1, -0.05) is 30.5 Å². The zero-order chi connectivity index (χ0) is 18.6. The zero-order valence-electron chi connectivity index (χ0n) is 15.0. The minimum absolute atomic E-state index is 0.369. The summed E-state index contributed by atoms with van der Waals surface area (Å²) >= 11 is 1.46. The monoisotopic (exact) mass is 366 g/mol. The molecule has 134 valence electrons. The molecule has 0 saturated carbocycles. The van der Waals surface area contributed by atoms with Crippen LogP contribution in [0.2, 0.25) is 0 Å². The highest BCUT2D eigenvalue weighted by molar-refractivity contribution is 8.13. The van der Waals surface area contributed by atoms with Crippen LogP contribution in [-0.2, 0) is 5.54 Å². The molecule has 26 heavy (non-hydrogen) atoms. The summed E-state index contributed by atoms with van der Waals surface area (Å²) in [5.74, 6) is 7.54. The van der Waals surface area contributed by atoms with Gasteiger partial charge in [0.1, 0.15) is 11.6 Å². The number of aliphatic imine (C=N–C) groups is 1. The summed E-state index contributed by atoms with van der Waals surface area (Å²) in [6, 6.07) is 9.64. The van der Waals surface area contributed by atoms with Crippen molar-refractivity contribution in [2.45, 2.75) is 25.3 Å². The Balaban J connectivity index is 2.04. The molecule has 5 nitrogen and oxygen atoms in total. The standard InChI is InChI=1S/C20H22N4OS/c1-3-20(24-19(22)26-2)10-12-25-17-9-7-14(13-16(17)20)6-8-15-5-4-11-23-18(15)21/h4-5,7,9,11,13H,3,10,12H2,1-2H3,(H2,21,23)(H2,22,24). The lowest BCUT2D eigenvalue weighted by atomic mass is 9.82. The maximum Gasteiger partial charge on any atom is 0.154 e. The first-order valence-corrected chi connectivity index (χ1v) is 9.69. The van der Waals surface area contributed by atoms with Crippen LogP contribution in [0, 0.1) is 11.8 Å². The number of aromatic nitrogens is 1. The molecule has 1 atom stereocenters. The predicted octanol–water partition coefficient (Wildman–Crippen LogP) is 3.13. The predicted molar refractivity (Wildman–Crippen MR) is 108 cm³/mol. The summed E-state index contributed by atoms with van der Waals surface area (Å²) in [5.41, 5.74) is 14.2. The number of nitrogens with zero attached hydrogens (tertiary/aromatic N) is 2. The number of anilines is 1. The maximum absolute atomic E-state index is 6.03. The Labute approximate surface area is 158 Å². The number of thioether (sulfide) groups is 1. The van der Waals surface area contributed by atoms with Crippen molar-refractivity contribution in [2.75, 3.05) is 18.6 Å². The molecule has 1 unspecified atom stereocenters. The van der Waals surface area contributed by atoms with E-state index < -0.39 is 0 Å². The molecule has 0 aliphatic carbocycles. The van der Waals surface area contributed by atoms with Crippen LogP contribution < -0.4 is 16.2 Å². The van der Waals surface area contributed by atoms with E-state index in [4.69, 9.17) is 21.2 Å². The lowest BCUT2D eigenvalue weighted by Crippen LogP contribution is -2.32. The molecule has 1 aliphatic heterocycles. The number of fused-ring (bicyclic) bond motifs is 1. The number of rotatable bonds is 2. The van der Waals surface area contributed by atoms with Gasteiger partial charge in [0.15, 0.2) is 5.17 Å². The van der Waals surface area contributed by atoms with Crippen LogP contribution in [-0.4, -0.2) is 23.0 Å². The molecule has 0 bridgehead atoms. The van der Waals surface area contributed by atoms with Crippen molar-refractivity contribution in [1.82, 2.24) is 4.98 Å². The van der Waals surface area contributed by atoms with Gasteiger partial charge in [-0.05, 0) is 43.0 Å². The van der Waals surface area contributed by atoms with E-state index in [2.05, 4.69) is 29.8 Å². The average molecular weight is 366 g/mol. The Hall–Kier alpha value is -2.65. The first-order chi connectivity index (χ1) is 12.6. The lowest BCUT2D eigenvalue weighted by molar-refractivity contribution is 0.214. The number of hydrogen-bond acceptors (Lipinski definition) is 5. The quantitative estimate of drug-likeness (QED) is 0.484. The number of nitrogens with two attached hydrogens (primary N) is 2. The van der Waals surface area contributed by atoms with Crippen molar-refractivity contribution in [3.63, 3.8) is 0 Å². The van der Waals surface area contributed by atoms with Gasteiger partial charge in [0, 0.05) is 23.7 Å². The topological polar surface area (TPSA) is 86.5 Å². The van der Waals surface area contributed by atoms with E-state index in [0.29, 0.717) is 23.2 Å². The van der Waals surface area contributed by atoms with Gasteiger partial charge < -0.3 is 16.2 Å². The van der Waals surface area contributed by atoms with Crippen LogP contribution in [0.3, 0.4) is 0 Å². The average Bonchev–Trinajstić information content (AvgIpc) is 2.67. The third-order valence-electron chi connectivity index (χ3n) is 4.55. The Morgan fingerprint density at radius 1 is 1.38 bits per heavy atom. The fourth-order valence-corrected chi connectivity index (χ4v) is 3.31. The molecule has 2 heterocycles. The summed E-state index contributed by atoms with van der Waals surface area (Å²) in [7, 11) is 0. The van der Waals surface area contributed by atoms with Crippen molar-refractivity contribution >= 4 is 22.7 Å². The van der Waals surface area contributed by atoms with E-state index in [1.165, 1.54) is 11.8 Å². The molecular formula is C20H22N4OS. The highest BCUT2D eigenvalue weighted by Gasteiger charge is 2.36. The van der Waals surface area contributed by atoms with Gasteiger partial charge in [-0.15, -0.1) is 0 Å². The molecule has 4 N–H and O–H groups in total. The van der Waals surface area contributed by atoms with Crippen LogP contribution in [0.25, 0.3) is 0 Å². The third-order valence-corrected chi connectivity index (χ3v) is 5.06. The fraction of sp³-hybridized carbons (Fsp3) is 0.300. The smallest absolute Gasteiger partial charge is 0.154 e. The van der Waals surface area contributed by atoms with Gasteiger partial charge in [0.25, 0.3) is 0 Å². The highest BCUT2D eigenvalue weighted by atomic mass is 32.2. The number of pyridine rings is 1. The summed E-state index contributed by atoms with van der Waals surface area (Å²) in [6.07, 6.45) is 5.23. The Morgan fingerprint density at radius 3 is 2.96 bits per heavy atom. The Morgan fingerprint density at radius 2 is 2.23 bits per heavy atom. The fourth-order valence-electron chi connectivity index (χ4n) is 3.04. The molecule has 0 amide bonds. The number of benzene rings is 1. The van der Waals surface area contributed by atoms with E-state index in [0.717, 1.165) is 29.7 Å². The molecule has 0 spiro atoms. The van der Waals surface area contributed by atoms with Gasteiger partial charge in [0.2, 0.25) is 0 Å². The second kappa shape index (κ2) is 7.71. The Kier molecular flexibility index (Phi) is 5.38. The second-order valence-electron chi connectivity index (χ2n) is 6.03. The van der Waals surface area contributed by atoms with Gasteiger partial charge in [-0.2, -0.15) is 0 Å². The van der Waals surface area contributed by atoms with Crippen LogP contribution >= 0.6 is 11.8 Å². The lowest BCUT2D eigenvalue weighted by Gasteiger charge is -2.35. The van der Waals surface area contributed by atoms with Crippen molar-refractivity contribution < 1.29 is 4.74 Å². The van der Waals surface area contributed by atoms with Crippen LogP contribution in [0.1, 0.15) is 36.5 Å². The van der Waals surface area contributed by atoms with Crippen molar-refractivity contribution in [1.29, 1.82) is 0 Å². The van der Waals surface area contributed by atoms with Crippen molar-refractivity contribution in [3.8, 4) is 17.6 Å². The van der Waals surface area contributed by atoms with Crippen molar-refractivity contribution in [3.05, 3.63) is 53.2 Å². The summed E-state index contributed by atoms with van der Waals surface area (Å²) in [4.78, 5) is 8.88. The number of hydrogen-bond donors (Lipinski definition) is 2. The Bertz CT molecular complexity index is 900. The van der Waals surface area contributed by atoms with E-state index in [9.17, 15) is 0 Å². The summed E-state index contributed by atoms with van der Waals surface area (Å²) < 4.78 is 5.84. The molecule has 1 aliphatic rings. The zero-order valence-corrected chi connectivity index (χ0v) is 15.8. The third kappa shape index (κ3) is 3.63. The van der Waals surface area contributed by atoms with Crippen molar-refractivity contribution in [2.24, 2.45) is 10.7 Å². The summed E-state index contributed by atoms with van der Waals surface area (Å²) in [5, 5.41) is 0.583. The number of nitrogen functional groups attached to an aromatic ring is 1. The van der Waals surface area contributed by atoms with E-state index in [1.54, 1.807) is 6.20 Å². The van der Waals surface area contributed by atoms with Crippen LogP contribution in [0.4, 0.5) is 5.82 Å². The molecule has 3 rings (SSSR count). The number of amidine groups is 1. The molecular weight excluding hydrogens is 344 g/mol. The maximum atomic E-state index is 6.03. The number of ether oxygens (including phenoxy) is 1. The molecule has 2 aromatic rings. The SMILES string of the molecule is CCC1(N=C(N)SC)CCOc2ccc(C#Cc3cccnc3N)cc21. The second-order valence-corrected chi connectivity index (χ2v) is 6.86. The first kappa shape index (κ1) is 18.2. The molecule has 6 heteroatoms.